The molecular formula is C21H27N3O4S. The van der Waals surface area contributed by atoms with E-state index in [0.717, 1.165) is 21.7 Å². The van der Waals surface area contributed by atoms with Crippen molar-refractivity contribution in [3.8, 4) is 0 Å². The van der Waals surface area contributed by atoms with Gasteiger partial charge in [0.2, 0.25) is 21.8 Å². The minimum absolute atomic E-state index is 0.0730. The van der Waals surface area contributed by atoms with Gasteiger partial charge in [0.25, 0.3) is 0 Å². The lowest BCUT2D eigenvalue weighted by Crippen LogP contribution is -2.41. The zero-order valence-electron chi connectivity index (χ0n) is 17.1. The lowest BCUT2D eigenvalue weighted by Gasteiger charge is -2.24. The largest absolute Gasteiger partial charge is 0.348 e. The maximum absolute atomic E-state index is 12.5. The summed E-state index contributed by atoms with van der Waals surface area (Å²) in [5.41, 5.74) is 2.77. The van der Waals surface area contributed by atoms with Crippen molar-refractivity contribution in [2.24, 2.45) is 0 Å². The highest BCUT2D eigenvalue weighted by molar-refractivity contribution is 7.92. The van der Waals surface area contributed by atoms with Crippen LogP contribution >= 0.6 is 0 Å². The van der Waals surface area contributed by atoms with Gasteiger partial charge in [0.15, 0.2) is 0 Å². The number of carbonyl (C=O) groups is 2. The predicted octanol–water partition coefficient (Wildman–Crippen LogP) is 2.99. The average Bonchev–Trinajstić information content (AvgIpc) is 2.66. The fourth-order valence-electron chi connectivity index (χ4n) is 2.83. The summed E-state index contributed by atoms with van der Waals surface area (Å²) in [6, 6.07) is 13.9. The molecule has 2 N–H and O–H groups in total. The Labute approximate surface area is 172 Å². The zero-order valence-corrected chi connectivity index (χ0v) is 17.9. The molecule has 0 fully saturated rings. The Morgan fingerprint density at radius 2 is 1.66 bits per heavy atom. The Balaban J connectivity index is 2.08. The number of anilines is 2. The van der Waals surface area contributed by atoms with E-state index in [0.29, 0.717) is 17.8 Å². The van der Waals surface area contributed by atoms with Crippen LogP contribution in [0.3, 0.4) is 0 Å². The first kappa shape index (κ1) is 22.4. The number of benzene rings is 2. The van der Waals surface area contributed by atoms with Crippen LogP contribution in [-0.4, -0.2) is 33.0 Å². The second kappa shape index (κ2) is 9.56. The van der Waals surface area contributed by atoms with Crippen molar-refractivity contribution in [2.45, 2.75) is 33.2 Å². The smallest absolute Gasteiger partial charge is 0.241 e. The van der Waals surface area contributed by atoms with Crippen LogP contribution in [0.2, 0.25) is 0 Å². The van der Waals surface area contributed by atoms with Gasteiger partial charge < -0.3 is 10.6 Å². The van der Waals surface area contributed by atoms with Crippen LogP contribution in [0, 0.1) is 6.92 Å². The van der Waals surface area contributed by atoms with E-state index in [1.807, 2.05) is 25.1 Å². The first-order valence-corrected chi connectivity index (χ1v) is 11.2. The standard InChI is InChI=1S/C21H27N3O4S/c1-5-20(25)23-18-12-10-17(11-13-18)16(3)22-21(26)14-24(29(4,27)28)19-9-7-6-8-15(19)2/h6-13,16H,5,14H2,1-4H3,(H,22,26)(H,23,25). The van der Waals surface area contributed by atoms with Crippen molar-refractivity contribution in [3.63, 3.8) is 0 Å². The Bertz CT molecular complexity index is 972. The molecule has 1 atom stereocenters. The van der Waals surface area contributed by atoms with Crippen molar-refractivity contribution in [3.05, 3.63) is 59.7 Å². The van der Waals surface area contributed by atoms with Crippen LogP contribution < -0.4 is 14.9 Å². The Morgan fingerprint density at radius 1 is 1.03 bits per heavy atom. The molecule has 0 aliphatic rings. The molecule has 7 nitrogen and oxygen atoms in total. The molecule has 156 valence electrons. The monoisotopic (exact) mass is 417 g/mol. The van der Waals surface area contributed by atoms with Crippen molar-refractivity contribution < 1.29 is 18.0 Å². The van der Waals surface area contributed by atoms with E-state index in [1.165, 1.54) is 0 Å². The molecule has 0 aromatic heterocycles. The number of rotatable bonds is 8. The van der Waals surface area contributed by atoms with Gasteiger partial charge in [-0.15, -0.1) is 0 Å². The number of carbonyl (C=O) groups excluding carboxylic acids is 2. The lowest BCUT2D eigenvalue weighted by atomic mass is 10.1. The lowest BCUT2D eigenvalue weighted by molar-refractivity contribution is -0.120. The highest BCUT2D eigenvalue weighted by Crippen LogP contribution is 2.22. The number of nitrogens with one attached hydrogen (secondary N) is 2. The molecule has 2 aromatic carbocycles. The normalized spacial score (nSPS) is 12.1. The van der Waals surface area contributed by atoms with E-state index < -0.39 is 15.9 Å². The molecule has 0 spiro atoms. The van der Waals surface area contributed by atoms with E-state index in [4.69, 9.17) is 0 Å². The molecule has 2 amide bonds. The van der Waals surface area contributed by atoms with Gasteiger partial charge in [0.1, 0.15) is 6.54 Å². The molecule has 0 bridgehead atoms. The second-order valence-corrected chi connectivity index (χ2v) is 8.78. The fraction of sp³-hybridized carbons (Fsp3) is 0.333. The van der Waals surface area contributed by atoms with Crippen LogP contribution in [-0.2, 0) is 19.6 Å². The number of para-hydroxylation sites is 1. The molecule has 1 unspecified atom stereocenters. The molecule has 0 saturated carbocycles. The van der Waals surface area contributed by atoms with E-state index >= 15 is 0 Å². The van der Waals surface area contributed by atoms with Crippen LogP contribution in [0.1, 0.15) is 37.4 Å². The van der Waals surface area contributed by atoms with Crippen LogP contribution in [0.5, 0.6) is 0 Å². The Morgan fingerprint density at radius 3 is 2.21 bits per heavy atom. The zero-order chi connectivity index (χ0) is 21.6. The Hall–Kier alpha value is -2.87. The minimum Gasteiger partial charge on any atom is -0.348 e. The summed E-state index contributed by atoms with van der Waals surface area (Å²) in [5.74, 6) is -0.481. The first-order chi connectivity index (χ1) is 13.6. The molecule has 29 heavy (non-hydrogen) atoms. The summed E-state index contributed by atoms with van der Waals surface area (Å²) < 4.78 is 25.6. The molecule has 0 aliphatic heterocycles. The number of aryl methyl sites for hydroxylation is 1. The topological polar surface area (TPSA) is 95.6 Å². The molecular weight excluding hydrogens is 390 g/mol. The molecule has 2 aromatic rings. The van der Waals surface area contributed by atoms with Crippen molar-refractivity contribution in [1.29, 1.82) is 0 Å². The van der Waals surface area contributed by atoms with Crippen molar-refractivity contribution >= 4 is 33.2 Å². The average molecular weight is 418 g/mol. The van der Waals surface area contributed by atoms with Gasteiger partial charge in [-0.1, -0.05) is 37.3 Å². The Kier molecular flexibility index (Phi) is 7.39. The molecule has 8 heteroatoms. The summed E-state index contributed by atoms with van der Waals surface area (Å²) >= 11 is 0. The summed E-state index contributed by atoms with van der Waals surface area (Å²) in [5, 5.41) is 5.59. The van der Waals surface area contributed by atoms with E-state index in [1.54, 1.807) is 44.2 Å². The SMILES string of the molecule is CCC(=O)Nc1ccc(C(C)NC(=O)CN(c2ccccc2C)S(C)(=O)=O)cc1. The molecule has 0 radical (unpaired) electrons. The van der Waals surface area contributed by atoms with Gasteiger partial charge in [0.05, 0.1) is 18.0 Å². The van der Waals surface area contributed by atoms with Gasteiger partial charge in [0, 0.05) is 12.1 Å². The number of sulfonamides is 1. The molecule has 2 rings (SSSR count). The van der Waals surface area contributed by atoms with Gasteiger partial charge >= 0.3 is 0 Å². The third-order valence-corrected chi connectivity index (χ3v) is 5.59. The highest BCUT2D eigenvalue weighted by atomic mass is 32.2. The number of hydrogen-bond acceptors (Lipinski definition) is 4. The van der Waals surface area contributed by atoms with E-state index in [9.17, 15) is 18.0 Å². The quantitative estimate of drug-likeness (QED) is 0.690. The van der Waals surface area contributed by atoms with Gasteiger partial charge in [-0.2, -0.15) is 0 Å². The van der Waals surface area contributed by atoms with Crippen LogP contribution in [0.4, 0.5) is 11.4 Å². The second-order valence-electron chi connectivity index (χ2n) is 6.87. The molecule has 0 aliphatic carbocycles. The third kappa shape index (κ3) is 6.32. The van der Waals surface area contributed by atoms with Crippen LogP contribution in [0.15, 0.2) is 48.5 Å². The van der Waals surface area contributed by atoms with Crippen LogP contribution in [0.25, 0.3) is 0 Å². The highest BCUT2D eigenvalue weighted by Gasteiger charge is 2.23. The summed E-state index contributed by atoms with van der Waals surface area (Å²) in [6.07, 6.45) is 1.48. The van der Waals surface area contributed by atoms with Gasteiger partial charge in [-0.05, 0) is 43.2 Å². The number of hydrogen-bond donors (Lipinski definition) is 2. The summed E-state index contributed by atoms with van der Waals surface area (Å²) in [6.45, 7) is 5.08. The van der Waals surface area contributed by atoms with Crippen molar-refractivity contribution in [1.82, 2.24) is 5.32 Å². The predicted molar refractivity (Wildman–Crippen MR) is 115 cm³/mol. The maximum Gasteiger partial charge on any atom is 0.241 e. The third-order valence-electron chi connectivity index (χ3n) is 4.46. The molecule has 0 heterocycles. The molecule has 0 saturated heterocycles. The number of nitrogens with zero attached hydrogens (tertiary/aromatic N) is 1. The summed E-state index contributed by atoms with van der Waals surface area (Å²) in [4.78, 5) is 24.0. The fourth-order valence-corrected chi connectivity index (χ4v) is 3.74. The van der Waals surface area contributed by atoms with Gasteiger partial charge in [-0.3, -0.25) is 13.9 Å². The van der Waals surface area contributed by atoms with Gasteiger partial charge in [-0.25, -0.2) is 8.42 Å². The van der Waals surface area contributed by atoms with E-state index in [2.05, 4.69) is 10.6 Å². The first-order valence-electron chi connectivity index (χ1n) is 9.34. The van der Waals surface area contributed by atoms with E-state index in [-0.39, 0.29) is 18.5 Å². The number of amides is 2. The summed E-state index contributed by atoms with van der Waals surface area (Å²) in [7, 11) is -3.62. The minimum atomic E-state index is -3.62. The maximum atomic E-state index is 12.5. The van der Waals surface area contributed by atoms with Crippen molar-refractivity contribution in [2.75, 3.05) is 22.4 Å².